The van der Waals surface area contributed by atoms with Crippen LogP contribution in [0.15, 0.2) is 47.5 Å². The van der Waals surface area contributed by atoms with Crippen molar-refractivity contribution in [2.45, 2.75) is 20.3 Å². The number of benzene rings is 1. The predicted molar refractivity (Wildman–Crippen MR) is 77.8 cm³/mol. The molecule has 0 spiro atoms. The van der Waals surface area contributed by atoms with Gasteiger partial charge in [0.1, 0.15) is 0 Å². The van der Waals surface area contributed by atoms with E-state index >= 15 is 0 Å². The summed E-state index contributed by atoms with van der Waals surface area (Å²) in [5.41, 5.74) is 0.735. The molecular weight excluding hydrogens is 238 g/mol. The summed E-state index contributed by atoms with van der Waals surface area (Å²) in [6.07, 6.45) is 4.35. The monoisotopic (exact) mass is 257 g/mol. The van der Waals surface area contributed by atoms with Gasteiger partial charge in [0.05, 0.1) is 0 Å². The Labute approximate surface area is 113 Å². The lowest BCUT2D eigenvalue weighted by molar-refractivity contribution is 0.606. The minimum absolute atomic E-state index is 0.113. The lowest BCUT2D eigenvalue weighted by atomic mass is 10.1. The van der Waals surface area contributed by atoms with E-state index < -0.39 is 0 Å². The summed E-state index contributed by atoms with van der Waals surface area (Å²) in [5, 5.41) is 3.11. The molecule has 0 amide bonds. The van der Waals surface area contributed by atoms with E-state index in [1.807, 2.05) is 30.3 Å². The molecule has 4 nitrogen and oxygen atoms in total. The molecule has 0 saturated carbocycles. The molecule has 0 aliphatic carbocycles. The molecule has 1 N–H and O–H groups in total. The van der Waals surface area contributed by atoms with Crippen LogP contribution in [0.5, 0.6) is 0 Å². The molecule has 1 heterocycles. The fourth-order valence-electron chi connectivity index (χ4n) is 1.80. The molecule has 0 unspecified atom stereocenters. The first-order chi connectivity index (χ1) is 9.18. The summed E-state index contributed by atoms with van der Waals surface area (Å²) >= 11 is 0. The largest absolute Gasteiger partial charge is 0.365 e. The Balaban J connectivity index is 2.22. The molecule has 1 aromatic heterocycles. The van der Waals surface area contributed by atoms with Crippen molar-refractivity contribution in [1.29, 1.82) is 0 Å². The number of hydrogen-bond acceptors (Lipinski definition) is 3. The van der Waals surface area contributed by atoms with E-state index in [9.17, 15) is 4.79 Å². The van der Waals surface area contributed by atoms with Crippen molar-refractivity contribution in [3.63, 3.8) is 0 Å². The van der Waals surface area contributed by atoms with Crippen molar-refractivity contribution >= 4 is 5.82 Å². The second-order valence-electron chi connectivity index (χ2n) is 4.90. The molecule has 0 atom stereocenters. The van der Waals surface area contributed by atoms with Crippen LogP contribution in [0.1, 0.15) is 20.3 Å². The molecule has 0 fully saturated rings. The van der Waals surface area contributed by atoms with Gasteiger partial charge in [0.2, 0.25) is 0 Å². The van der Waals surface area contributed by atoms with Crippen LogP contribution in [-0.4, -0.2) is 16.1 Å². The van der Waals surface area contributed by atoms with Crippen molar-refractivity contribution < 1.29 is 0 Å². The predicted octanol–water partition coefficient (Wildman–Crippen LogP) is 2.69. The summed E-state index contributed by atoms with van der Waals surface area (Å²) in [6.45, 7) is 5.07. The highest BCUT2D eigenvalue weighted by atomic mass is 16.1. The summed E-state index contributed by atoms with van der Waals surface area (Å²) < 4.78 is 1.60. The van der Waals surface area contributed by atoms with Gasteiger partial charge in [-0.1, -0.05) is 32.0 Å². The van der Waals surface area contributed by atoms with E-state index in [1.54, 1.807) is 17.0 Å². The van der Waals surface area contributed by atoms with Crippen LogP contribution in [-0.2, 0) is 0 Å². The van der Waals surface area contributed by atoms with E-state index in [4.69, 9.17) is 0 Å². The minimum Gasteiger partial charge on any atom is -0.365 e. The van der Waals surface area contributed by atoms with Crippen molar-refractivity contribution in [1.82, 2.24) is 9.55 Å². The Kier molecular flexibility index (Phi) is 4.34. The third-order valence-electron chi connectivity index (χ3n) is 2.89. The molecule has 0 saturated heterocycles. The van der Waals surface area contributed by atoms with Gasteiger partial charge in [-0.2, -0.15) is 0 Å². The highest BCUT2D eigenvalue weighted by Crippen LogP contribution is 2.05. The third-order valence-corrected chi connectivity index (χ3v) is 2.89. The quantitative estimate of drug-likeness (QED) is 0.895. The van der Waals surface area contributed by atoms with Crippen molar-refractivity contribution in [3.05, 3.63) is 53.1 Å². The van der Waals surface area contributed by atoms with E-state index in [2.05, 4.69) is 24.1 Å². The van der Waals surface area contributed by atoms with Gasteiger partial charge in [-0.05, 0) is 24.5 Å². The maximum Gasteiger partial charge on any atom is 0.297 e. The number of para-hydroxylation sites is 1. The van der Waals surface area contributed by atoms with Gasteiger partial charge >= 0.3 is 0 Å². The van der Waals surface area contributed by atoms with Crippen molar-refractivity contribution in [3.8, 4) is 5.69 Å². The second-order valence-corrected chi connectivity index (χ2v) is 4.90. The highest BCUT2D eigenvalue weighted by Gasteiger charge is 2.05. The molecule has 2 rings (SSSR count). The Bertz CT molecular complexity index is 575. The lowest BCUT2D eigenvalue weighted by Crippen LogP contribution is -2.23. The topological polar surface area (TPSA) is 46.9 Å². The van der Waals surface area contributed by atoms with Gasteiger partial charge < -0.3 is 5.32 Å². The first-order valence-electron chi connectivity index (χ1n) is 6.55. The van der Waals surface area contributed by atoms with E-state index in [0.717, 1.165) is 18.7 Å². The highest BCUT2D eigenvalue weighted by molar-refractivity contribution is 5.37. The number of aromatic nitrogens is 2. The minimum atomic E-state index is -0.113. The second kappa shape index (κ2) is 6.18. The normalized spacial score (nSPS) is 10.7. The summed E-state index contributed by atoms with van der Waals surface area (Å²) in [5.74, 6) is 1.01. The van der Waals surface area contributed by atoms with Crippen LogP contribution in [0, 0.1) is 5.92 Å². The number of nitrogens with zero attached hydrogens (tertiary/aromatic N) is 2. The Hall–Kier alpha value is -2.10. The Morgan fingerprint density at radius 2 is 2.00 bits per heavy atom. The molecule has 19 heavy (non-hydrogen) atoms. The maximum absolute atomic E-state index is 12.3. The smallest absolute Gasteiger partial charge is 0.297 e. The lowest BCUT2D eigenvalue weighted by Gasteiger charge is -2.09. The molecule has 0 bridgehead atoms. The maximum atomic E-state index is 12.3. The summed E-state index contributed by atoms with van der Waals surface area (Å²) in [4.78, 5) is 16.4. The average molecular weight is 257 g/mol. The fraction of sp³-hybridized carbons (Fsp3) is 0.333. The van der Waals surface area contributed by atoms with Crippen LogP contribution in [0.2, 0.25) is 0 Å². The molecule has 0 radical (unpaired) electrons. The molecule has 4 heteroatoms. The summed E-state index contributed by atoms with van der Waals surface area (Å²) in [6, 6.07) is 9.55. The van der Waals surface area contributed by atoms with Crippen LogP contribution >= 0.6 is 0 Å². The Morgan fingerprint density at radius 3 is 2.68 bits per heavy atom. The van der Waals surface area contributed by atoms with Crippen LogP contribution in [0.3, 0.4) is 0 Å². The van der Waals surface area contributed by atoms with Crippen molar-refractivity contribution in [2.75, 3.05) is 11.9 Å². The van der Waals surface area contributed by atoms with Crippen LogP contribution in [0.4, 0.5) is 5.82 Å². The van der Waals surface area contributed by atoms with Gasteiger partial charge in [-0.15, -0.1) is 0 Å². The zero-order valence-corrected chi connectivity index (χ0v) is 11.3. The number of anilines is 1. The first kappa shape index (κ1) is 13.3. The summed E-state index contributed by atoms with van der Waals surface area (Å²) in [7, 11) is 0. The fourth-order valence-corrected chi connectivity index (χ4v) is 1.80. The van der Waals surface area contributed by atoms with Gasteiger partial charge in [-0.25, -0.2) is 4.98 Å². The van der Waals surface area contributed by atoms with Gasteiger partial charge in [0, 0.05) is 24.6 Å². The zero-order valence-electron chi connectivity index (χ0n) is 11.3. The molecule has 0 aliphatic heterocycles. The van der Waals surface area contributed by atoms with E-state index in [-0.39, 0.29) is 5.56 Å². The van der Waals surface area contributed by atoms with Gasteiger partial charge in [0.15, 0.2) is 5.82 Å². The number of hydrogen-bond donors (Lipinski definition) is 1. The molecule has 0 aliphatic rings. The van der Waals surface area contributed by atoms with Gasteiger partial charge in [0.25, 0.3) is 5.56 Å². The molecule has 100 valence electrons. The third kappa shape index (κ3) is 3.44. The number of rotatable bonds is 5. The van der Waals surface area contributed by atoms with Crippen LogP contribution in [0.25, 0.3) is 5.69 Å². The van der Waals surface area contributed by atoms with E-state index in [1.165, 1.54) is 0 Å². The number of nitrogens with one attached hydrogen (secondary N) is 1. The standard InChI is InChI=1S/C15H19N3O/c1-12(2)8-9-16-14-15(19)18(11-10-17-14)13-6-4-3-5-7-13/h3-7,10-12H,8-9H2,1-2H3,(H,16,17). The molecular formula is C15H19N3O. The SMILES string of the molecule is CC(C)CCNc1nccn(-c2ccccc2)c1=O. The zero-order chi connectivity index (χ0) is 13.7. The first-order valence-corrected chi connectivity index (χ1v) is 6.55. The van der Waals surface area contributed by atoms with Crippen LogP contribution < -0.4 is 10.9 Å². The van der Waals surface area contributed by atoms with Gasteiger partial charge in [-0.3, -0.25) is 9.36 Å². The average Bonchev–Trinajstić information content (AvgIpc) is 2.41. The van der Waals surface area contributed by atoms with Crippen molar-refractivity contribution in [2.24, 2.45) is 5.92 Å². The molecule has 1 aromatic carbocycles. The Morgan fingerprint density at radius 1 is 1.26 bits per heavy atom. The van der Waals surface area contributed by atoms with E-state index in [0.29, 0.717) is 11.7 Å². The molecule has 2 aromatic rings.